The highest BCUT2D eigenvalue weighted by Crippen LogP contribution is 2.28. The largest absolute Gasteiger partial charge is 0.354 e. The summed E-state index contributed by atoms with van der Waals surface area (Å²) in [6.07, 6.45) is 0.510. The average molecular weight is 570 g/mol. The molecule has 3 rings (SSSR count). The summed E-state index contributed by atoms with van der Waals surface area (Å²) in [6.45, 7) is 7.68. The van der Waals surface area contributed by atoms with Crippen molar-refractivity contribution in [3.63, 3.8) is 0 Å². The highest BCUT2D eigenvalue weighted by Gasteiger charge is 2.32. The highest BCUT2D eigenvalue weighted by molar-refractivity contribution is 7.92. The molecule has 0 unspecified atom stereocenters. The molecule has 0 saturated heterocycles. The minimum Gasteiger partial charge on any atom is -0.354 e. The van der Waals surface area contributed by atoms with E-state index in [1.165, 1.54) is 23.1 Å². The lowest BCUT2D eigenvalue weighted by Gasteiger charge is -2.32. The van der Waals surface area contributed by atoms with Gasteiger partial charge in [0, 0.05) is 18.1 Å². The third kappa shape index (κ3) is 8.07. The van der Waals surface area contributed by atoms with Gasteiger partial charge in [0.2, 0.25) is 11.8 Å². The molecule has 0 spiro atoms. The summed E-state index contributed by atoms with van der Waals surface area (Å²) < 4.78 is 28.6. The molecule has 1 N–H and O–H groups in total. The molecule has 7 nitrogen and oxygen atoms in total. The van der Waals surface area contributed by atoms with Crippen LogP contribution in [0.25, 0.3) is 0 Å². The van der Waals surface area contributed by atoms with Crippen molar-refractivity contribution in [2.45, 2.75) is 45.1 Å². The maximum Gasteiger partial charge on any atom is 0.264 e. The second kappa shape index (κ2) is 13.6. The molecule has 0 radical (unpaired) electrons. The van der Waals surface area contributed by atoms with Crippen molar-refractivity contribution in [1.82, 2.24) is 10.2 Å². The third-order valence-electron chi connectivity index (χ3n) is 6.39. The fourth-order valence-corrected chi connectivity index (χ4v) is 5.61. The van der Waals surface area contributed by atoms with E-state index in [4.69, 9.17) is 11.6 Å². The minimum atomic E-state index is -4.12. The van der Waals surface area contributed by atoms with Crippen molar-refractivity contribution >= 4 is 39.1 Å². The number of carbonyl (C=O) groups excluding carboxylic acids is 2. The number of carbonyl (C=O) groups is 2. The molecule has 1 atom stereocenters. The van der Waals surface area contributed by atoms with Crippen LogP contribution in [0.5, 0.6) is 0 Å². The van der Waals surface area contributed by atoms with Gasteiger partial charge in [0.05, 0.1) is 10.6 Å². The molecule has 0 aromatic heterocycles. The zero-order valence-electron chi connectivity index (χ0n) is 22.8. The number of amides is 2. The van der Waals surface area contributed by atoms with Gasteiger partial charge in [-0.25, -0.2) is 8.42 Å². The monoisotopic (exact) mass is 569 g/mol. The highest BCUT2D eigenvalue weighted by atomic mass is 35.5. The van der Waals surface area contributed by atoms with Crippen LogP contribution in [0, 0.1) is 12.8 Å². The van der Waals surface area contributed by atoms with Gasteiger partial charge in [-0.1, -0.05) is 80.0 Å². The number of nitrogens with one attached hydrogen (secondary N) is 1. The van der Waals surface area contributed by atoms with Crippen LogP contribution in [0.15, 0.2) is 83.8 Å². The predicted octanol–water partition coefficient (Wildman–Crippen LogP) is 5.08. The molecule has 9 heteroatoms. The van der Waals surface area contributed by atoms with Crippen LogP contribution in [0.1, 0.15) is 31.9 Å². The molecule has 3 aromatic carbocycles. The lowest BCUT2D eigenvalue weighted by molar-refractivity contribution is -0.138. The van der Waals surface area contributed by atoms with Crippen molar-refractivity contribution in [3.8, 4) is 0 Å². The van der Waals surface area contributed by atoms with Gasteiger partial charge in [-0.15, -0.1) is 0 Å². The van der Waals surface area contributed by atoms with Gasteiger partial charge in [0.15, 0.2) is 0 Å². The maximum absolute atomic E-state index is 13.9. The zero-order valence-corrected chi connectivity index (χ0v) is 24.4. The summed E-state index contributed by atoms with van der Waals surface area (Å²) in [6, 6.07) is 21.7. The van der Waals surface area contributed by atoms with Gasteiger partial charge in [-0.2, -0.15) is 0 Å². The smallest absolute Gasteiger partial charge is 0.264 e. The molecule has 0 saturated carbocycles. The number of halogens is 1. The van der Waals surface area contributed by atoms with Crippen LogP contribution >= 0.6 is 11.6 Å². The van der Waals surface area contributed by atoms with Gasteiger partial charge in [0.25, 0.3) is 10.0 Å². The molecule has 0 fully saturated rings. The van der Waals surface area contributed by atoms with Crippen LogP contribution in [-0.2, 0) is 26.0 Å². The molecule has 39 heavy (non-hydrogen) atoms. The molecular formula is C30H36ClN3O4S. The number of rotatable bonds is 12. The summed E-state index contributed by atoms with van der Waals surface area (Å²) in [7, 11) is -4.12. The minimum absolute atomic E-state index is 0.0491. The van der Waals surface area contributed by atoms with E-state index in [2.05, 4.69) is 5.32 Å². The number of benzene rings is 3. The number of hydrogen-bond acceptors (Lipinski definition) is 4. The van der Waals surface area contributed by atoms with E-state index in [0.29, 0.717) is 18.0 Å². The third-order valence-corrected chi connectivity index (χ3v) is 8.58. The molecular weight excluding hydrogens is 534 g/mol. The number of sulfonamides is 1. The van der Waals surface area contributed by atoms with Crippen LogP contribution in [0.3, 0.4) is 0 Å². The molecule has 0 aliphatic heterocycles. The van der Waals surface area contributed by atoms with Crippen molar-refractivity contribution < 1.29 is 18.0 Å². The number of aryl methyl sites for hydroxylation is 1. The summed E-state index contributed by atoms with van der Waals surface area (Å²) in [4.78, 5) is 28.4. The summed E-state index contributed by atoms with van der Waals surface area (Å²) in [5.74, 6) is -0.539. The Morgan fingerprint density at radius 3 is 2.13 bits per heavy atom. The second-order valence-electron chi connectivity index (χ2n) is 9.90. The fourth-order valence-electron chi connectivity index (χ4n) is 4.01. The number of nitrogens with zero attached hydrogens (tertiary/aromatic N) is 2. The van der Waals surface area contributed by atoms with Crippen molar-refractivity contribution in [1.29, 1.82) is 0 Å². The van der Waals surface area contributed by atoms with E-state index in [-0.39, 0.29) is 29.0 Å². The quantitative estimate of drug-likeness (QED) is 0.330. The Kier molecular flexibility index (Phi) is 10.5. The van der Waals surface area contributed by atoms with Crippen LogP contribution in [-0.4, -0.2) is 50.8 Å². The van der Waals surface area contributed by atoms with Crippen LogP contribution in [0.2, 0.25) is 5.02 Å². The lowest BCUT2D eigenvalue weighted by Crippen LogP contribution is -2.52. The van der Waals surface area contributed by atoms with E-state index in [1.807, 2.05) is 51.1 Å². The van der Waals surface area contributed by atoms with E-state index in [0.717, 1.165) is 15.4 Å². The Morgan fingerprint density at radius 1 is 0.923 bits per heavy atom. The Labute approximate surface area is 236 Å². The summed E-state index contributed by atoms with van der Waals surface area (Å²) >= 11 is 6.35. The first-order chi connectivity index (χ1) is 18.5. The van der Waals surface area contributed by atoms with Crippen molar-refractivity contribution in [3.05, 3.63) is 95.0 Å². The van der Waals surface area contributed by atoms with Gasteiger partial charge >= 0.3 is 0 Å². The second-order valence-corrected chi connectivity index (χ2v) is 12.2. The van der Waals surface area contributed by atoms with Crippen molar-refractivity contribution in [2.24, 2.45) is 5.92 Å². The Morgan fingerprint density at radius 2 is 1.54 bits per heavy atom. The van der Waals surface area contributed by atoms with Gasteiger partial charge in [-0.3, -0.25) is 13.9 Å². The van der Waals surface area contributed by atoms with Gasteiger partial charge in [-0.05, 0) is 61.6 Å². The van der Waals surface area contributed by atoms with E-state index < -0.39 is 28.5 Å². The average Bonchev–Trinajstić information content (AvgIpc) is 2.92. The SMILES string of the molecule is Cc1ccc(N(CC(=O)N(CCc2ccccc2)[C@@H](C)C(=O)NCC(C)C)S(=O)(=O)c2ccccc2)cc1Cl. The summed E-state index contributed by atoms with van der Waals surface area (Å²) in [5.41, 5.74) is 2.05. The summed E-state index contributed by atoms with van der Waals surface area (Å²) in [5, 5.41) is 3.27. The molecule has 2 amide bonds. The molecule has 0 bridgehead atoms. The Balaban J connectivity index is 1.97. The Hall–Kier alpha value is -3.36. The maximum atomic E-state index is 13.9. The first-order valence-electron chi connectivity index (χ1n) is 13.0. The van der Waals surface area contributed by atoms with Gasteiger partial charge in [0.1, 0.15) is 12.6 Å². The standard InChI is InChI=1S/C30H36ClN3O4S/c1-22(2)20-32-30(36)24(4)33(18-17-25-11-7-5-8-12-25)29(35)21-34(26-16-15-23(3)28(31)19-26)39(37,38)27-13-9-6-10-14-27/h5-16,19,22,24H,17-18,20-21H2,1-4H3,(H,32,36)/t24-/m0/s1. The first-order valence-corrected chi connectivity index (χ1v) is 14.8. The van der Waals surface area contributed by atoms with Crippen molar-refractivity contribution in [2.75, 3.05) is 23.9 Å². The van der Waals surface area contributed by atoms with E-state index in [9.17, 15) is 18.0 Å². The molecule has 0 aliphatic rings. The van der Waals surface area contributed by atoms with E-state index >= 15 is 0 Å². The van der Waals surface area contributed by atoms with Gasteiger partial charge < -0.3 is 10.2 Å². The number of anilines is 1. The predicted molar refractivity (Wildman–Crippen MR) is 156 cm³/mol. The molecule has 0 aliphatic carbocycles. The van der Waals surface area contributed by atoms with E-state index in [1.54, 1.807) is 37.3 Å². The Bertz CT molecular complexity index is 1370. The lowest BCUT2D eigenvalue weighted by atomic mass is 10.1. The molecule has 3 aromatic rings. The fraction of sp³-hybridized carbons (Fsp3) is 0.333. The molecule has 208 valence electrons. The zero-order chi connectivity index (χ0) is 28.6. The first kappa shape index (κ1) is 30.2. The molecule has 0 heterocycles. The van der Waals surface area contributed by atoms with Crippen LogP contribution < -0.4 is 9.62 Å². The topological polar surface area (TPSA) is 86.8 Å². The normalized spacial score (nSPS) is 12.2. The number of hydrogen-bond donors (Lipinski definition) is 1. The van der Waals surface area contributed by atoms with Crippen LogP contribution in [0.4, 0.5) is 5.69 Å².